The number of Topliss-reactive ketones (excluding diaryl/α,β-unsaturated/α-hetero) is 1. The molecule has 0 spiro atoms. The molecule has 0 heterocycles. The van der Waals surface area contributed by atoms with Gasteiger partial charge in [-0.2, -0.15) is 0 Å². The first kappa shape index (κ1) is 9.08. The van der Waals surface area contributed by atoms with Crippen molar-refractivity contribution in [1.82, 2.24) is 0 Å². The first-order valence-corrected chi connectivity index (χ1v) is 3.24. The molecule has 0 aliphatic carbocycles. The van der Waals surface area contributed by atoms with E-state index in [1.54, 1.807) is 27.0 Å². The molecular formula is C8H13NO. The largest absolute Gasteiger partial charge is 0.289 e. The van der Waals surface area contributed by atoms with Crippen LogP contribution < -0.4 is 0 Å². The van der Waals surface area contributed by atoms with Gasteiger partial charge in [-0.1, -0.05) is 6.08 Å². The van der Waals surface area contributed by atoms with Gasteiger partial charge in [-0.25, -0.2) is 0 Å². The molecule has 0 fully saturated rings. The number of ketones is 1. The quantitative estimate of drug-likeness (QED) is 0.422. The van der Waals surface area contributed by atoms with Gasteiger partial charge in [-0.3, -0.25) is 9.79 Å². The molecule has 0 N–H and O–H groups in total. The summed E-state index contributed by atoms with van der Waals surface area (Å²) in [5.41, 5.74) is 1.32. The van der Waals surface area contributed by atoms with Crippen molar-refractivity contribution in [3.63, 3.8) is 0 Å². The van der Waals surface area contributed by atoms with E-state index in [9.17, 15) is 4.79 Å². The summed E-state index contributed by atoms with van der Waals surface area (Å²) >= 11 is 0. The SMILES string of the molecule is C/C=C(\C)C(=O)C(C)=NC. The molecule has 0 bridgehead atoms. The average Bonchev–Trinajstić information content (AvgIpc) is 2.00. The minimum Gasteiger partial charge on any atom is -0.289 e. The molecule has 0 rings (SSSR count). The maximum atomic E-state index is 11.1. The van der Waals surface area contributed by atoms with Crippen molar-refractivity contribution in [1.29, 1.82) is 0 Å². The number of hydrogen-bond donors (Lipinski definition) is 0. The van der Waals surface area contributed by atoms with Crippen LogP contribution in [-0.2, 0) is 4.79 Å². The number of carbonyl (C=O) groups is 1. The van der Waals surface area contributed by atoms with Gasteiger partial charge in [-0.15, -0.1) is 0 Å². The predicted molar refractivity (Wildman–Crippen MR) is 43.5 cm³/mol. The van der Waals surface area contributed by atoms with Gasteiger partial charge in [0.2, 0.25) is 5.78 Å². The Balaban J connectivity index is 4.39. The molecule has 0 aromatic carbocycles. The van der Waals surface area contributed by atoms with Gasteiger partial charge < -0.3 is 0 Å². The number of aliphatic imine (C=N–C) groups is 1. The van der Waals surface area contributed by atoms with Gasteiger partial charge in [0.15, 0.2) is 0 Å². The molecule has 2 heteroatoms. The molecule has 0 aliphatic rings. The summed E-state index contributed by atoms with van der Waals surface area (Å²) in [5, 5.41) is 0. The van der Waals surface area contributed by atoms with Gasteiger partial charge in [0.1, 0.15) is 0 Å². The second kappa shape index (κ2) is 3.99. The standard InChI is InChI=1S/C8H13NO/c1-5-6(2)8(10)7(3)9-4/h5H,1-4H3/b6-5+,9-7?. The topological polar surface area (TPSA) is 29.4 Å². The first-order chi connectivity index (χ1) is 4.63. The molecule has 0 aromatic heterocycles. The minimum absolute atomic E-state index is 0.0324. The monoisotopic (exact) mass is 139 g/mol. The van der Waals surface area contributed by atoms with E-state index >= 15 is 0 Å². The highest BCUT2D eigenvalue weighted by Crippen LogP contribution is 1.95. The zero-order chi connectivity index (χ0) is 8.15. The number of allylic oxidation sites excluding steroid dienone is 2. The molecular weight excluding hydrogens is 126 g/mol. The Labute approximate surface area is 61.7 Å². The molecule has 0 atom stereocenters. The van der Waals surface area contributed by atoms with E-state index in [0.717, 1.165) is 5.57 Å². The van der Waals surface area contributed by atoms with E-state index in [4.69, 9.17) is 0 Å². The van der Waals surface area contributed by atoms with Crippen LogP contribution in [0.15, 0.2) is 16.6 Å². The smallest absolute Gasteiger partial charge is 0.201 e. The Hall–Kier alpha value is -0.920. The molecule has 0 unspecified atom stereocenters. The van der Waals surface area contributed by atoms with Gasteiger partial charge in [0.25, 0.3) is 0 Å². The van der Waals surface area contributed by atoms with Crippen molar-refractivity contribution in [3.05, 3.63) is 11.6 Å². The van der Waals surface area contributed by atoms with Gasteiger partial charge in [-0.05, 0) is 26.3 Å². The lowest BCUT2D eigenvalue weighted by Crippen LogP contribution is -2.10. The Kier molecular flexibility index (Phi) is 3.62. The Morgan fingerprint density at radius 1 is 1.40 bits per heavy atom. The summed E-state index contributed by atoms with van der Waals surface area (Å²) in [6, 6.07) is 0. The zero-order valence-electron chi connectivity index (χ0n) is 6.93. The lowest BCUT2D eigenvalue weighted by Gasteiger charge is -1.96. The van der Waals surface area contributed by atoms with Crippen molar-refractivity contribution in [3.8, 4) is 0 Å². The molecule has 0 saturated heterocycles. The van der Waals surface area contributed by atoms with Crippen LogP contribution in [0.4, 0.5) is 0 Å². The second-order valence-electron chi connectivity index (χ2n) is 2.11. The highest BCUT2D eigenvalue weighted by Gasteiger charge is 2.04. The fraction of sp³-hybridized carbons (Fsp3) is 0.500. The Morgan fingerprint density at radius 3 is 2.20 bits per heavy atom. The number of nitrogens with zero attached hydrogens (tertiary/aromatic N) is 1. The summed E-state index contributed by atoms with van der Waals surface area (Å²) in [6.07, 6.45) is 1.79. The van der Waals surface area contributed by atoms with Crippen LogP contribution in [0.2, 0.25) is 0 Å². The fourth-order valence-electron chi connectivity index (χ4n) is 0.518. The van der Waals surface area contributed by atoms with E-state index < -0.39 is 0 Å². The number of rotatable bonds is 2. The summed E-state index contributed by atoms with van der Waals surface area (Å²) in [4.78, 5) is 14.9. The first-order valence-electron chi connectivity index (χ1n) is 3.24. The molecule has 0 aromatic rings. The van der Waals surface area contributed by atoms with E-state index in [-0.39, 0.29) is 5.78 Å². The molecule has 0 radical (unpaired) electrons. The maximum absolute atomic E-state index is 11.1. The summed E-state index contributed by atoms with van der Waals surface area (Å²) in [7, 11) is 1.62. The lowest BCUT2D eigenvalue weighted by molar-refractivity contribution is -0.109. The van der Waals surface area contributed by atoms with E-state index in [1.165, 1.54) is 0 Å². The minimum atomic E-state index is 0.0324. The third kappa shape index (κ3) is 2.13. The Bertz CT molecular complexity index is 169. The normalized spacial score (nSPS) is 13.6. The number of carbonyl (C=O) groups excluding carboxylic acids is 1. The van der Waals surface area contributed by atoms with E-state index in [2.05, 4.69) is 4.99 Å². The fourth-order valence-corrected chi connectivity index (χ4v) is 0.518. The van der Waals surface area contributed by atoms with Crippen LogP contribution >= 0.6 is 0 Å². The van der Waals surface area contributed by atoms with Crippen LogP contribution in [0.3, 0.4) is 0 Å². The number of hydrogen-bond acceptors (Lipinski definition) is 2. The van der Waals surface area contributed by atoms with Crippen LogP contribution in [0.1, 0.15) is 20.8 Å². The lowest BCUT2D eigenvalue weighted by atomic mass is 10.1. The molecule has 10 heavy (non-hydrogen) atoms. The third-order valence-electron chi connectivity index (χ3n) is 1.46. The summed E-state index contributed by atoms with van der Waals surface area (Å²) < 4.78 is 0. The van der Waals surface area contributed by atoms with Crippen molar-refractivity contribution in [2.45, 2.75) is 20.8 Å². The predicted octanol–water partition coefficient (Wildman–Crippen LogP) is 1.61. The molecule has 0 amide bonds. The van der Waals surface area contributed by atoms with Crippen molar-refractivity contribution >= 4 is 11.5 Å². The maximum Gasteiger partial charge on any atom is 0.201 e. The highest BCUT2D eigenvalue weighted by atomic mass is 16.1. The zero-order valence-corrected chi connectivity index (χ0v) is 6.93. The summed E-state index contributed by atoms with van der Waals surface area (Å²) in [6.45, 7) is 5.35. The second-order valence-corrected chi connectivity index (χ2v) is 2.11. The van der Waals surface area contributed by atoms with Gasteiger partial charge in [0.05, 0.1) is 5.71 Å². The van der Waals surface area contributed by atoms with E-state index in [1.807, 2.05) is 6.92 Å². The van der Waals surface area contributed by atoms with Crippen LogP contribution in [-0.4, -0.2) is 18.5 Å². The third-order valence-corrected chi connectivity index (χ3v) is 1.46. The summed E-state index contributed by atoms with van der Waals surface area (Å²) in [5.74, 6) is 0.0324. The van der Waals surface area contributed by atoms with Crippen LogP contribution in [0, 0.1) is 0 Å². The average molecular weight is 139 g/mol. The highest BCUT2D eigenvalue weighted by molar-refractivity contribution is 6.44. The van der Waals surface area contributed by atoms with Crippen molar-refractivity contribution in [2.24, 2.45) is 4.99 Å². The molecule has 56 valence electrons. The van der Waals surface area contributed by atoms with Crippen molar-refractivity contribution in [2.75, 3.05) is 7.05 Å². The van der Waals surface area contributed by atoms with Crippen LogP contribution in [0.25, 0.3) is 0 Å². The van der Waals surface area contributed by atoms with Gasteiger partial charge in [0, 0.05) is 7.05 Å². The molecule has 2 nitrogen and oxygen atoms in total. The van der Waals surface area contributed by atoms with Gasteiger partial charge >= 0.3 is 0 Å². The van der Waals surface area contributed by atoms with Crippen molar-refractivity contribution < 1.29 is 4.79 Å². The molecule has 0 saturated carbocycles. The van der Waals surface area contributed by atoms with E-state index in [0.29, 0.717) is 5.71 Å². The molecule has 0 aliphatic heterocycles. The Morgan fingerprint density at radius 2 is 1.90 bits per heavy atom. The van der Waals surface area contributed by atoms with Crippen LogP contribution in [0.5, 0.6) is 0 Å².